The Labute approximate surface area is 98.6 Å². The lowest BCUT2D eigenvalue weighted by Gasteiger charge is -2.13. The van der Waals surface area contributed by atoms with Crippen LogP contribution in [-0.2, 0) is 5.75 Å². The molecule has 0 radical (unpaired) electrons. The summed E-state index contributed by atoms with van der Waals surface area (Å²) in [5, 5.41) is 0.658. The van der Waals surface area contributed by atoms with Gasteiger partial charge in [-0.3, -0.25) is 0 Å². The lowest BCUT2D eigenvalue weighted by atomic mass is 10.4. The molecule has 14 heavy (non-hydrogen) atoms. The van der Waals surface area contributed by atoms with Crippen molar-refractivity contribution in [3.05, 3.63) is 16.6 Å². The Kier molecular flexibility index (Phi) is 4.51. The Bertz CT molecular complexity index is 294. The number of hydrogen-bond donors (Lipinski definition) is 0. The van der Waals surface area contributed by atoms with Gasteiger partial charge in [-0.1, -0.05) is 13.8 Å². The maximum Gasteiger partial charge on any atom is 0.119 e. The summed E-state index contributed by atoms with van der Waals surface area (Å²) < 4.78 is 3.31. The van der Waals surface area contributed by atoms with E-state index < -0.39 is 0 Å². The summed E-state index contributed by atoms with van der Waals surface area (Å²) in [6.45, 7) is 8.77. The quantitative estimate of drug-likeness (QED) is 0.831. The van der Waals surface area contributed by atoms with Crippen molar-refractivity contribution in [3.8, 4) is 0 Å². The summed E-state index contributed by atoms with van der Waals surface area (Å²) in [5.74, 6) is 2.15. The highest BCUT2D eigenvalue weighted by molar-refractivity contribution is 9.10. The molecule has 0 aliphatic rings. The molecule has 0 saturated heterocycles. The highest BCUT2D eigenvalue weighted by Crippen LogP contribution is 2.23. The first-order valence-electron chi connectivity index (χ1n) is 4.85. The molecule has 0 aliphatic heterocycles. The zero-order chi connectivity index (χ0) is 10.7. The summed E-state index contributed by atoms with van der Waals surface area (Å²) in [6, 6.07) is 0.467. The van der Waals surface area contributed by atoms with Crippen molar-refractivity contribution in [2.24, 2.45) is 0 Å². The minimum absolute atomic E-state index is 0.467. The minimum atomic E-state index is 0.467. The van der Waals surface area contributed by atoms with Gasteiger partial charge in [0, 0.05) is 6.04 Å². The SMILES string of the molecule is CC(C)SCc1ncc(Br)n1C(C)C. The lowest BCUT2D eigenvalue weighted by Crippen LogP contribution is -2.06. The highest BCUT2D eigenvalue weighted by atomic mass is 79.9. The summed E-state index contributed by atoms with van der Waals surface area (Å²) >= 11 is 5.44. The van der Waals surface area contributed by atoms with Gasteiger partial charge in [0.15, 0.2) is 0 Å². The Morgan fingerprint density at radius 1 is 1.43 bits per heavy atom. The van der Waals surface area contributed by atoms with Crippen LogP contribution in [0.2, 0.25) is 0 Å². The van der Waals surface area contributed by atoms with Crippen LogP contribution in [0.4, 0.5) is 0 Å². The number of aromatic nitrogens is 2. The molecule has 80 valence electrons. The average molecular weight is 277 g/mol. The van der Waals surface area contributed by atoms with Crippen LogP contribution in [0.15, 0.2) is 10.8 Å². The fourth-order valence-electron chi connectivity index (χ4n) is 1.27. The van der Waals surface area contributed by atoms with Gasteiger partial charge in [0.2, 0.25) is 0 Å². The lowest BCUT2D eigenvalue weighted by molar-refractivity contribution is 0.570. The van der Waals surface area contributed by atoms with E-state index in [1.54, 1.807) is 0 Å². The van der Waals surface area contributed by atoms with Crippen molar-refractivity contribution in [1.29, 1.82) is 0 Å². The zero-order valence-corrected chi connectivity index (χ0v) is 11.5. The van der Waals surface area contributed by atoms with E-state index in [1.165, 1.54) is 0 Å². The van der Waals surface area contributed by atoms with E-state index in [0.29, 0.717) is 11.3 Å². The van der Waals surface area contributed by atoms with Crippen LogP contribution in [0, 0.1) is 0 Å². The first kappa shape index (κ1) is 12.1. The molecule has 4 heteroatoms. The van der Waals surface area contributed by atoms with Crippen molar-refractivity contribution < 1.29 is 0 Å². The minimum Gasteiger partial charge on any atom is -0.320 e. The van der Waals surface area contributed by atoms with E-state index in [2.05, 4.69) is 53.2 Å². The number of nitrogens with zero attached hydrogens (tertiary/aromatic N) is 2. The smallest absolute Gasteiger partial charge is 0.119 e. The molecule has 0 spiro atoms. The first-order valence-corrected chi connectivity index (χ1v) is 6.69. The van der Waals surface area contributed by atoms with Gasteiger partial charge >= 0.3 is 0 Å². The number of rotatable bonds is 4. The van der Waals surface area contributed by atoms with Gasteiger partial charge in [-0.15, -0.1) is 0 Å². The normalized spacial score (nSPS) is 11.6. The fraction of sp³-hybridized carbons (Fsp3) is 0.700. The predicted molar refractivity (Wildman–Crippen MR) is 66.7 cm³/mol. The van der Waals surface area contributed by atoms with Crippen LogP contribution >= 0.6 is 27.7 Å². The molecule has 1 heterocycles. The number of halogens is 1. The molecule has 0 fully saturated rings. The molecule has 0 aromatic carbocycles. The molecule has 1 aromatic heterocycles. The second-order valence-corrected chi connectivity index (χ2v) is 6.20. The average Bonchev–Trinajstić information content (AvgIpc) is 2.43. The number of thioether (sulfide) groups is 1. The Balaban J connectivity index is 2.76. The van der Waals surface area contributed by atoms with Crippen LogP contribution in [0.1, 0.15) is 39.6 Å². The highest BCUT2D eigenvalue weighted by Gasteiger charge is 2.11. The largest absolute Gasteiger partial charge is 0.320 e. The number of imidazole rings is 1. The molecule has 0 N–H and O–H groups in total. The van der Waals surface area contributed by atoms with E-state index in [0.717, 1.165) is 16.2 Å². The van der Waals surface area contributed by atoms with Crippen molar-refractivity contribution >= 4 is 27.7 Å². The Morgan fingerprint density at radius 2 is 2.07 bits per heavy atom. The van der Waals surface area contributed by atoms with E-state index in [-0.39, 0.29) is 0 Å². The van der Waals surface area contributed by atoms with E-state index in [9.17, 15) is 0 Å². The van der Waals surface area contributed by atoms with Crippen molar-refractivity contribution in [1.82, 2.24) is 9.55 Å². The van der Waals surface area contributed by atoms with Gasteiger partial charge in [-0.2, -0.15) is 11.8 Å². The molecule has 2 nitrogen and oxygen atoms in total. The monoisotopic (exact) mass is 276 g/mol. The molecule has 0 atom stereocenters. The Morgan fingerprint density at radius 3 is 2.57 bits per heavy atom. The van der Waals surface area contributed by atoms with Gasteiger partial charge in [0.1, 0.15) is 10.4 Å². The molecular formula is C10H17BrN2S. The van der Waals surface area contributed by atoms with Crippen LogP contribution in [-0.4, -0.2) is 14.8 Å². The topological polar surface area (TPSA) is 17.8 Å². The third-order valence-corrected chi connectivity index (χ3v) is 3.57. The van der Waals surface area contributed by atoms with Gasteiger partial charge < -0.3 is 4.57 Å². The molecule has 0 bridgehead atoms. The summed E-state index contributed by atoms with van der Waals surface area (Å²) in [5.41, 5.74) is 0. The third kappa shape index (κ3) is 3.02. The third-order valence-electron chi connectivity index (χ3n) is 1.89. The zero-order valence-electron chi connectivity index (χ0n) is 9.12. The van der Waals surface area contributed by atoms with Gasteiger partial charge in [-0.05, 0) is 35.0 Å². The predicted octanol–water partition coefficient (Wildman–Crippen LogP) is 3.87. The van der Waals surface area contributed by atoms with Crippen molar-refractivity contribution in [2.75, 3.05) is 0 Å². The fourth-order valence-corrected chi connectivity index (χ4v) is 2.68. The maximum absolute atomic E-state index is 4.40. The first-order chi connectivity index (χ1) is 6.52. The van der Waals surface area contributed by atoms with Gasteiger partial charge in [0.25, 0.3) is 0 Å². The molecule has 1 aromatic rings. The number of hydrogen-bond acceptors (Lipinski definition) is 2. The molecule has 0 aliphatic carbocycles. The molecule has 0 saturated carbocycles. The van der Waals surface area contributed by atoms with Crippen LogP contribution < -0.4 is 0 Å². The van der Waals surface area contributed by atoms with E-state index in [1.807, 2.05) is 18.0 Å². The summed E-state index contributed by atoms with van der Waals surface area (Å²) in [6.07, 6.45) is 1.89. The second kappa shape index (κ2) is 5.21. The van der Waals surface area contributed by atoms with Gasteiger partial charge in [-0.25, -0.2) is 4.98 Å². The van der Waals surface area contributed by atoms with Crippen LogP contribution in [0.3, 0.4) is 0 Å². The molecule has 0 unspecified atom stereocenters. The van der Waals surface area contributed by atoms with Gasteiger partial charge in [0.05, 0.1) is 11.9 Å². The van der Waals surface area contributed by atoms with Crippen molar-refractivity contribution in [3.63, 3.8) is 0 Å². The van der Waals surface area contributed by atoms with E-state index in [4.69, 9.17) is 0 Å². The summed E-state index contributed by atoms with van der Waals surface area (Å²) in [7, 11) is 0. The summed E-state index contributed by atoms with van der Waals surface area (Å²) in [4.78, 5) is 4.40. The van der Waals surface area contributed by atoms with Crippen LogP contribution in [0.5, 0.6) is 0 Å². The van der Waals surface area contributed by atoms with E-state index >= 15 is 0 Å². The molecule has 0 amide bonds. The molecule has 1 rings (SSSR count). The Hall–Kier alpha value is 0.0400. The standard InChI is InChI=1S/C10H17BrN2S/c1-7(2)13-9(11)5-12-10(13)6-14-8(3)4/h5,7-8H,6H2,1-4H3. The molecular weight excluding hydrogens is 260 g/mol. The van der Waals surface area contributed by atoms with Crippen LogP contribution in [0.25, 0.3) is 0 Å². The second-order valence-electron chi connectivity index (χ2n) is 3.82. The van der Waals surface area contributed by atoms with Crippen molar-refractivity contribution in [2.45, 2.75) is 44.7 Å². The maximum atomic E-state index is 4.40.